The fraction of sp³-hybridized carbons (Fsp3) is 0.591. The van der Waals surface area contributed by atoms with Crippen molar-refractivity contribution in [2.45, 2.75) is 44.1 Å². The molecule has 0 saturated carbocycles. The van der Waals surface area contributed by atoms with Gasteiger partial charge in [-0.2, -0.15) is 0 Å². The lowest BCUT2D eigenvalue weighted by Crippen LogP contribution is -2.62. The summed E-state index contributed by atoms with van der Waals surface area (Å²) in [5, 5.41) is 0. The molecule has 3 saturated heterocycles. The lowest BCUT2D eigenvalue weighted by atomic mass is 9.90. The minimum absolute atomic E-state index is 0.0412. The molecule has 156 valence electrons. The summed E-state index contributed by atoms with van der Waals surface area (Å²) in [6.45, 7) is 3.25. The molecule has 0 aromatic heterocycles. The van der Waals surface area contributed by atoms with Crippen molar-refractivity contribution in [3.63, 3.8) is 0 Å². The number of hydrogen-bond acceptors (Lipinski definition) is 4. The first-order valence-electron chi connectivity index (χ1n) is 10.6. The normalized spacial score (nSPS) is 25.2. The molecule has 1 spiro atoms. The van der Waals surface area contributed by atoms with Crippen LogP contribution >= 0.6 is 0 Å². The molecular formula is C22H29N3O4. The quantitative estimate of drug-likeness (QED) is 0.757. The molecule has 0 aliphatic carbocycles. The number of rotatable bonds is 5. The fourth-order valence-corrected chi connectivity index (χ4v) is 4.64. The summed E-state index contributed by atoms with van der Waals surface area (Å²) in [4.78, 5) is 42.4. The number of carbonyl (C=O) groups is 3. The second kappa shape index (κ2) is 8.53. The van der Waals surface area contributed by atoms with E-state index in [9.17, 15) is 14.4 Å². The summed E-state index contributed by atoms with van der Waals surface area (Å²) in [6, 6.07) is 9.64. The van der Waals surface area contributed by atoms with Gasteiger partial charge in [-0.25, -0.2) is 0 Å². The van der Waals surface area contributed by atoms with E-state index in [2.05, 4.69) is 0 Å². The molecule has 0 radical (unpaired) electrons. The van der Waals surface area contributed by atoms with Crippen LogP contribution in [-0.2, 0) is 19.1 Å². The highest BCUT2D eigenvalue weighted by molar-refractivity contribution is 5.95. The number of amides is 3. The number of piperidine rings is 1. The number of para-hydroxylation sites is 1. The SMILES string of the molecule is O=C1CCCN1CCCC(=O)N1CCCC2(C1)CN(c1ccccc1)C(=O)CO2. The van der Waals surface area contributed by atoms with Gasteiger partial charge in [0.2, 0.25) is 11.8 Å². The van der Waals surface area contributed by atoms with Crippen molar-refractivity contribution in [2.24, 2.45) is 0 Å². The second-order valence-electron chi connectivity index (χ2n) is 8.29. The Hall–Kier alpha value is -2.41. The average Bonchev–Trinajstić information content (AvgIpc) is 3.15. The van der Waals surface area contributed by atoms with E-state index in [1.807, 2.05) is 40.1 Å². The zero-order valence-electron chi connectivity index (χ0n) is 16.8. The van der Waals surface area contributed by atoms with Gasteiger partial charge in [0.15, 0.2) is 0 Å². The molecule has 7 heteroatoms. The molecule has 1 aromatic rings. The van der Waals surface area contributed by atoms with Crippen LogP contribution in [0.15, 0.2) is 30.3 Å². The Morgan fingerprint density at radius 2 is 1.86 bits per heavy atom. The van der Waals surface area contributed by atoms with E-state index in [0.29, 0.717) is 38.9 Å². The van der Waals surface area contributed by atoms with Crippen molar-refractivity contribution >= 4 is 23.4 Å². The Labute approximate surface area is 171 Å². The van der Waals surface area contributed by atoms with Crippen molar-refractivity contribution in [1.29, 1.82) is 0 Å². The third-order valence-corrected chi connectivity index (χ3v) is 6.20. The van der Waals surface area contributed by atoms with Crippen LogP contribution in [0, 0.1) is 0 Å². The maximum Gasteiger partial charge on any atom is 0.253 e. The first-order chi connectivity index (χ1) is 14.1. The van der Waals surface area contributed by atoms with E-state index in [1.54, 1.807) is 4.90 Å². The van der Waals surface area contributed by atoms with Gasteiger partial charge in [0, 0.05) is 38.2 Å². The molecule has 7 nitrogen and oxygen atoms in total. The van der Waals surface area contributed by atoms with Crippen LogP contribution in [0.1, 0.15) is 38.5 Å². The number of morpholine rings is 1. The molecule has 1 unspecified atom stereocenters. The van der Waals surface area contributed by atoms with Crippen LogP contribution in [0.25, 0.3) is 0 Å². The van der Waals surface area contributed by atoms with Crippen molar-refractivity contribution < 1.29 is 19.1 Å². The van der Waals surface area contributed by atoms with Crippen LogP contribution in [-0.4, -0.2) is 72.5 Å². The van der Waals surface area contributed by atoms with Gasteiger partial charge in [-0.05, 0) is 37.8 Å². The topological polar surface area (TPSA) is 70.2 Å². The van der Waals surface area contributed by atoms with E-state index in [0.717, 1.165) is 38.0 Å². The maximum atomic E-state index is 12.8. The number of carbonyl (C=O) groups excluding carboxylic acids is 3. The standard InChI is InChI=1S/C22H29N3O4/c26-19-9-4-12-23(19)13-5-10-20(27)24-14-6-11-22(16-24)17-25(21(28)15-29-22)18-7-2-1-3-8-18/h1-3,7-8H,4-6,9-17H2. The Balaban J connectivity index is 1.35. The molecule has 3 amide bonds. The Kier molecular flexibility index (Phi) is 5.85. The molecule has 3 heterocycles. The molecule has 1 atom stereocenters. The van der Waals surface area contributed by atoms with Gasteiger partial charge in [-0.15, -0.1) is 0 Å². The Bertz CT molecular complexity index is 769. The van der Waals surface area contributed by atoms with E-state index in [4.69, 9.17) is 4.74 Å². The van der Waals surface area contributed by atoms with Crippen LogP contribution in [0.4, 0.5) is 5.69 Å². The predicted molar refractivity (Wildman–Crippen MR) is 108 cm³/mol. The average molecular weight is 399 g/mol. The Morgan fingerprint density at radius 3 is 2.62 bits per heavy atom. The van der Waals surface area contributed by atoms with Crippen LogP contribution < -0.4 is 4.90 Å². The van der Waals surface area contributed by atoms with Gasteiger partial charge < -0.3 is 19.4 Å². The van der Waals surface area contributed by atoms with Crippen LogP contribution in [0.5, 0.6) is 0 Å². The monoisotopic (exact) mass is 399 g/mol. The highest BCUT2D eigenvalue weighted by Gasteiger charge is 2.44. The van der Waals surface area contributed by atoms with Gasteiger partial charge >= 0.3 is 0 Å². The molecule has 0 N–H and O–H groups in total. The van der Waals surface area contributed by atoms with E-state index < -0.39 is 5.60 Å². The maximum absolute atomic E-state index is 12.8. The molecule has 4 rings (SSSR count). The number of benzene rings is 1. The summed E-state index contributed by atoms with van der Waals surface area (Å²) in [6.07, 6.45) is 4.42. The van der Waals surface area contributed by atoms with Crippen LogP contribution in [0.2, 0.25) is 0 Å². The minimum Gasteiger partial charge on any atom is -0.361 e. The van der Waals surface area contributed by atoms with Crippen molar-refractivity contribution in [1.82, 2.24) is 9.80 Å². The molecular weight excluding hydrogens is 370 g/mol. The van der Waals surface area contributed by atoms with Crippen LogP contribution in [0.3, 0.4) is 0 Å². The van der Waals surface area contributed by atoms with Crippen molar-refractivity contribution in [2.75, 3.05) is 44.2 Å². The van der Waals surface area contributed by atoms with Gasteiger partial charge in [0.05, 0.1) is 13.1 Å². The van der Waals surface area contributed by atoms with Crippen molar-refractivity contribution in [3.05, 3.63) is 30.3 Å². The Morgan fingerprint density at radius 1 is 1.03 bits per heavy atom. The smallest absolute Gasteiger partial charge is 0.253 e. The minimum atomic E-state index is -0.497. The third-order valence-electron chi connectivity index (χ3n) is 6.20. The number of hydrogen-bond donors (Lipinski definition) is 0. The molecule has 1 aromatic carbocycles. The summed E-state index contributed by atoms with van der Waals surface area (Å²) in [7, 11) is 0. The molecule has 3 aliphatic heterocycles. The van der Waals surface area contributed by atoms with E-state index in [-0.39, 0.29) is 24.3 Å². The second-order valence-corrected chi connectivity index (χ2v) is 8.29. The number of nitrogens with zero attached hydrogens (tertiary/aromatic N) is 3. The predicted octanol–water partition coefficient (Wildman–Crippen LogP) is 1.81. The zero-order chi connectivity index (χ0) is 20.3. The largest absolute Gasteiger partial charge is 0.361 e. The zero-order valence-corrected chi connectivity index (χ0v) is 16.8. The summed E-state index contributed by atoms with van der Waals surface area (Å²) in [5.74, 6) is 0.277. The first kappa shape index (κ1) is 19.9. The fourth-order valence-electron chi connectivity index (χ4n) is 4.64. The third kappa shape index (κ3) is 4.45. The lowest BCUT2D eigenvalue weighted by molar-refractivity contribution is -0.153. The highest BCUT2D eigenvalue weighted by Crippen LogP contribution is 2.32. The molecule has 0 bridgehead atoms. The summed E-state index contributed by atoms with van der Waals surface area (Å²) < 4.78 is 6.01. The summed E-state index contributed by atoms with van der Waals surface area (Å²) >= 11 is 0. The molecule has 3 fully saturated rings. The first-order valence-corrected chi connectivity index (χ1v) is 10.6. The summed E-state index contributed by atoms with van der Waals surface area (Å²) in [5.41, 5.74) is 0.377. The molecule has 3 aliphatic rings. The van der Waals surface area contributed by atoms with Gasteiger partial charge in [-0.1, -0.05) is 18.2 Å². The number of ether oxygens (including phenoxy) is 1. The highest BCUT2D eigenvalue weighted by atomic mass is 16.5. The number of anilines is 1. The van der Waals surface area contributed by atoms with E-state index >= 15 is 0 Å². The van der Waals surface area contributed by atoms with Gasteiger partial charge in [0.1, 0.15) is 12.2 Å². The van der Waals surface area contributed by atoms with Gasteiger partial charge in [-0.3, -0.25) is 14.4 Å². The van der Waals surface area contributed by atoms with Gasteiger partial charge in [0.25, 0.3) is 5.91 Å². The number of likely N-dealkylation sites (tertiary alicyclic amines) is 2. The van der Waals surface area contributed by atoms with E-state index in [1.165, 1.54) is 0 Å². The van der Waals surface area contributed by atoms with Crippen molar-refractivity contribution in [3.8, 4) is 0 Å². The molecule has 29 heavy (non-hydrogen) atoms. The lowest BCUT2D eigenvalue weighted by Gasteiger charge is -2.47.